The van der Waals surface area contributed by atoms with E-state index in [4.69, 9.17) is 14.7 Å². The molecule has 4 aliphatic rings. The number of halogens is 2. The minimum atomic E-state index is 0. The first-order valence-corrected chi connectivity index (χ1v) is 19.6. The first-order chi connectivity index (χ1) is 25.1. The second-order valence-electron chi connectivity index (χ2n) is 15.4. The van der Waals surface area contributed by atoms with Crippen molar-refractivity contribution in [2.45, 2.75) is 115 Å². The Bertz CT molecular complexity index is 1800. The monoisotopic (exact) mass is 760 g/mol. The summed E-state index contributed by atoms with van der Waals surface area (Å²) in [6.07, 6.45) is 21.5. The van der Waals surface area contributed by atoms with E-state index in [2.05, 4.69) is 25.8 Å². The number of hydrogen-bond donors (Lipinski definition) is 2. The molecule has 4 aromatic rings. The van der Waals surface area contributed by atoms with Crippen LogP contribution in [0.1, 0.15) is 126 Å². The number of nitrogens with zero attached hydrogens (tertiary/aromatic N) is 4. The summed E-state index contributed by atoms with van der Waals surface area (Å²) in [7, 11) is 0. The summed E-state index contributed by atoms with van der Waals surface area (Å²) in [5, 5.41) is 0. The van der Waals surface area contributed by atoms with Gasteiger partial charge in [0, 0.05) is 31.5 Å². The molecule has 9 nitrogen and oxygen atoms in total. The predicted octanol–water partition coefficient (Wildman–Crippen LogP) is 10.4. The average Bonchev–Trinajstić information content (AvgIpc) is 3.99. The molecule has 4 heterocycles. The van der Waals surface area contributed by atoms with E-state index in [0.717, 1.165) is 84.4 Å². The first kappa shape index (κ1) is 38.9. The molecule has 53 heavy (non-hydrogen) atoms. The fourth-order valence-electron chi connectivity index (χ4n) is 9.08. The highest BCUT2D eigenvalue weighted by atomic mass is 35.5. The fraction of sp³-hybridized carbons (Fsp3) is 0.524. The van der Waals surface area contributed by atoms with Gasteiger partial charge in [-0.05, 0) is 105 Å². The largest absolute Gasteiger partial charge is 0.457 e. The molecular formula is C42H54Cl2N6O3. The van der Waals surface area contributed by atoms with Crippen molar-refractivity contribution in [3.8, 4) is 34.0 Å². The Balaban J connectivity index is 0.00000240. The third-order valence-electron chi connectivity index (χ3n) is 11.9. The van der Waals surface area contributed by atoms with Gasteiger partial charge in [0.1, 0.15) is 23.1 Å². The predicted molar refractivity (Wildman–Crippen MR) is 212 cm³/mol. The highest BCUT2D eigenvalue weighted by Crippen LogP contribution is 2.37. The smallest absolute Gasteiger partial charge is 0.223 e. The van der Waals surface area contributed by atoms with Crippen molar-refractivity contribution in [2.24, 2.45) is 11.8 Å². The number of ether oxygens (including phenoxy) is 1. The van der Waals surface area contributed by atoms with E-state index in [-0.39, 0.29) is 48.7 Å². The summed E-state index contributed by atoms with van der Waals surface area (Å²) in [5.74, 6) is 4.90. The Labute approximate surface area is 325 Å². The van der Waals surface area contributed by atoms with Gasteiger partial charge in [0.25, 0.3) is 0 Å². The normalized spacial score (nSPS) is 20.9. The average molecular weight is 762 g/mol. The van der Waals surface area contributed by atoms with Gasteiger partial charge in [-0.2, -0.15) is 0 Å². The maximum atomic E-state index is 13.3. The Morgan fingerprint density at radius 2 is 1.11 bits per heavy atom. The third kappa shape index (κ3) is 9.11. The Kier molecular flexibility index (Phi) is 13.2. The van der Waals surface area contributed by atoms with Crippen molar-refractivity contribution in [3.05, 3.63) is 72.6 Å². The molecule has 2 saturated carbocycles. The van der Waals surface area contributed by atoms with Crippen LogP contribution in [0.2, 0.25) is 0 Å². The molecule has 284 valence electrons. The number of carbonyl (C=O) groups is 2. The molecule has 2 aromatic carbocycles. The summed E-state index contributed by atoms with van der Waals surface area (Å²) in [4.78, 5) is 47.2. The van der Waals surface area contributed by atoms with E-state index >= 15 is 0 Å². The Hall–Kier alpha value is -3.82. The second-order valence-corrected chi connectivity index (χ2v) is 15.4. The molecule has 8 rings (SSSR count). The van der Waals surface area contributed by atoms with Crippen LogP contribution in [-0.4, -0.2) is 54.6 Å². The molecular weight excluding hydrogens is 707 g/mol. The summed E-state index contributed by atoms with van der Waals surface area (Å²) in [6, 6.07) is 16.1. The molecule has 2 aliphatic carbocycles. The molecule has 2 aliphatic heterocycles. The number of H-pyrrole nitrogens is 2. The second kappa shape index (κ2) is 18.0. The van der Waals surface area contributed by atoms with Gasteiger partial charge in [0.2, 0.25) is 11.8 Å². The van der Waals surface area contributed by atoms with Crippen LogP contribution in [0, 0.1) is 11.8 Å². The number of aromatic amines is 2. The van der Waals surface area contributed by atoms with E-state index in [0.29, 0.717) is 24.7 Å². The summed E-state index contributed by atoms with van der Waals surface area (Å²) >= 11 is 0. The fourth-order valence-corrected chi connectivity index (χ4v) is 9.08. The van der Waals surface area contributed by atoms with E-state index in [1.165, 1.54) is 64.2 Å². The van der Waals surface area contributed by atoms with Gasteiger partial charge in [-0.3, -0.25) is 9.59 Å². The zero-order valence-electron chi connectivity index (χ0n) is 30.6. The lowest BCUT2D eigenvalue weighted by molar-refractivity contribution is -0.134. The lowest BCUT2D eigenvalue weighted by Crippen LogP contribution is -2.32. The van der Waals surface area contributed by atoms with E-state index < -0.39 is 0 Å². The minimum absolute atomic E-state index is 0. The topological polar surface area (TPSA) is 107 Å². The molecule has 2 amide bonds. The number of benzene rings is 2. The molecule has 2 N–H and O–H groups in total. The maximum absolute atomic E-state index is 13.3. The molecule has 4 fully saturated rings. The molecule has 0 spiro atoms. The lowest BCUT2D eigenvalue weighted by atomic mass is 9.86. The number of likely N-dealkylation sites (tertiary alicyclic amines) is 2. The highest BCUT2D eigenvalue weighted by Gasteiger charge is 2.34. The van der Waals surface area contributed by atoms with Gasteiger partial charge in [-0.25, -0.2) is 9.97 Å². The molecule has 2 atom stereocenters. The van der Waals surface area contributed by atoms with Gasteiger partial charge < -0.3 is 24.5 Å². The molecule has 11 heteroatoms. The number of amides is 2. The number of imidazole rings is 2. The van der Waals surface area contributed by atoms with Crippen molar-refractivity contribution in [1.29, 1.82) is 0 Å². The van der Waals surface area contributed by atoms with Crippen molar-refractivity contribution < 1.29 is 14.3 Å². The van der Waals surface area contributed by atoms with Crippen LogP contribution in [0.3, 0.4) is 0 Å². The highest BCUT2D eigenvalue weighted by molar-refractivity contribution is 5.85. The van der Waals surface area contributed by atoms with Crippen LogP contribution in [0.25, 0.3) is 22.5 Å². The van der Waals surface area contributed by atoms with E-state index in [1.54, 1.807) is 0 Å². The van der Waals surface area contributed by atoms with Gasteiger partial charge in [0.15, 0.2) is 0 Å². The van der Waals surface area contributed by atoms with Gasteiger partial charge in [0.05, 0.1) is 35.9 Å². The minimum Gasteiger partial charge on any atom is -0.457 e. The number of aromatic nitrogens is 4. The zero-order chi connectivity index (χ0) is 34.6. The Morgan fingerprint density at radius 3 is 1.64 bits per heavy atom. The molecule has 0 bridgehead atoms. The molecule has 2 saturated heterocycles. The van der Waals surface area contributed by atoms with Gasteiger partial charge in [-0.1, -0.05) is 50.7 Å². The van der Waals surface area contributed by atoms with Crippen molar-refractivity contribution in [1.82, 2.24) is 29.7 Å². The van der Waals surface area contributed by atoms with Crippen LogP contribution in [0.15, 0.2) is 60.9 Å². The van der Waals surface area contributed by atoms with Crippen LogP contribution >= 0.6 is 24.8 Å². The number of hydrogen-bond acceptors (Lipinski definition) is 5. The van der Waals surface area contributed by atoms with E-state index in [9.17, 15) is 9.59 Å². The van der Waals surface area contributed by atoms with Crippen LogP contribution in [0.4, 0.5) is 0 Å². The number of carbonyl (C=O) groups excluding carboxylic acids is 2. The first-order valence-electron chi connectivity index (χ1n) is 19.6. The van der Waals surface area contributed by atoms with Crippen LogP contribution in [0.5, 0.6) is 11.5 Å². The standard InChI is InChI=1S/C42H52N6O3.2ClH/c49-39(24-29-10-3-1-4-11-29)47-22-8-16-37(47)41-43-27-35(45-41)31-18-20-33(21-19-31)51-34-15-7-14-32(26-34)36-28-44-42(46-36)38-17-9-23-48(38)40(50)25-30-12-5-2-6-13-30;;/h7,14-15,18-21,26-30,37-38H,1-6,8-13,16-17,22-25H2,(H,43,45)(H,44,46);2*1H/t37-,38-;;/m0../s1. The SMILES string of the molecule is Cl.Cl.O=C(CC1CCCCC1)N1CCC[C@H]1c1ncc(-c2ccc(Oc3cccc(-c4cnc([C@@H]5CCCN5C(=O)CC5CCCCC5)[nH]4)c3)cc2)[nH]1. The third-order valence-corrected chi connectivity index (χ3v) is 11.9. The van der Waals surface area contributed by atoms with Crippen LogP contribution in [-0.2, 0) is 9.59 Å². The van der Waals surface area contributed by atoms with Crippen LogP contribution < -0.4 is 4.74 Å². The summed E-state index contributed by atoms with van der Waals surface area (Å²) in [6.45, 7) is 1.64. The molecule has 0 radical (unpaired) electrons. The van der Waals surface area contributed by atoms with Crippen molar-refractivity contribution >= 4 is 36.6 Å². The number of nitrogens with one attached hydrogen (secondary N) is 2. The quantitative estimate of drug-likeness (QED) is 0.167. The van der Waals surface area contributed by atoms with Crippen molar-refractivity contribution in [2.75, 3.05) is 13.1 Å². The molecule has 0 unspecified atom stereocenters. The lowest BCUT2D eigenvalue weighted by Gasteiger charge is -2.27. The maximum Gasteiger partial charge on any atom is 0.223 e. The van der Waals surface area contributed by atoms with Crippen molar-refractivity contribution in [3.63, 3.8) is 0 Å². The van der Waals surface area contributed by atoms with Gasteiger partial charge in [-0.15, -0.1) is 24.8 Å². The summed E-state index contributed by atoms with van der Waals surface area (Å²) in [5.41, 5.74) is 3.88. The molecule has 2 aromatic heterocycles. The number of rotatable bonds is 10. The zero-order valence-corrected chi connectivity index (χ0v) is 32.3. The Morgan fingerprint density at radius 1 is 0.604 bits per heavy atom. The van der Waals surface area contributed by atoms with Gasteiger partial charge >= 0.3 is 0 Å². The van der Waals surface area contributed by atoms with E-state index in [1.807, 2.05) is 54.9 Å². The summed E-state index contributed by atoms with van der Waals surface area (Å²) < 4.78 is 6.29.